The van der Waals surface area contributed by atoms with E-state index in [1.54, 1.807) is 23.7 Å². The van der Waals surface area contributed by atoms with Crippen molar-refractivity contribution in [2.24, 2.45) is 5.92 Å². The van der Waals surface area contributed by atoms with Crippen molar-refractivity contribution in [3.8, 4) is 5.75 Å². The maximum Gasteiger partial charge on any atom is 0.243 e. The second kappa shape index (κ2) is 7.51. The van der Waals surface area contributed by atoms with Gasteiger partial charge in [-0.1, -0.05) is 0 Å². The van der Waals surface area contributed by atoms with Crippen LogP contribution in [0, 0.1) is 5.92 Å². The lowest BCUT2D eigenvalue weighted by atomic mass is 9.99. The first-order chi connectivity index (χ1) is 12.0. The molecule has 1 aromatic heterocycles. The van der Waals surface area contributed by atoms with E-state index < -0.39 is 10.0 Å². The minimum atomic E-state index is -3.63. The summed E-state index contributed by atoms with van der Waals surface area (Å²) in [5.41, 5.74) is 0. The number of nitrogens with one attached hydrogen (secondary N) is 1. The number of ether oxygens (including phenoxy) is 1. The highest BCUT2D eigenvalue weighted by Crippen LogP contribution is 2.26. The maximum atomic E-state index is 12.8. The lowest BCUT2D eigenvalue weighted by Gasteiger charge is -2.31. The Morgan fingerprint density at radius 1 is 1.36 bits per heavy atom. The molecule has 3 rings (SSSR count). The second-order valence-electron chi connectivity index (χ2n) is 5.70. The summed E-state index contributed by atoms with van der Waals surface area (Å²) < 4.78 is 32.1. The summed E-state index contributed by atoms with van der Waals surface area (Å²) in [5.74, 6) is 0.0218. The molecule has 1 aromatic carbocycles. The van der Waals surface area contributed by atoms with Gasteiger partial charge in [-0.3, -0.25) is 4.79 Å². The Hall–Kier alpha value is -1.97. The molecular formula is C16H19N3O4S2. The third-order valence-electron chi connectivity index (χ3n) is 4.11. The molecule has 1 saturated heterocycles. The minimum absolute atomic E-state index is 0.172. The monoisotopic (exact) mass is 381 g/mol. The van der Waals surface area contributed by atoms with Crippen molar-refractivity contribution < 1.29 is 17.9 Å². The maximum absolute atomic E-state index is 12.8. The number of carbonyl (C=O) groups is 1. The SMILES string of the molecule is COc1ccc(S(=O)(=O)N2CCC[C@@H](C(=O)Nc3nccs3)C2)cc1. The summed E-state index contributed by atoms with van der Waals surface area (Å²) in [6, 6.07) is 6.27. The number of hydrogen-bond acceptors (Lipinski definition) is 6. The van der Waals surface area contributed by atoms with Crippen molar-refractivity contribution in [3.05, 3.63) is 35.8 Å². The van der Waals surface area contributed by atoms with Crippen molar-refractivity contribution in [3.63, 3.8) is 0 Å². The summed E-state index contributed by atoms with van der Waals surface area (Å²) >= 11 is 1.34. The standard InChI is InChI=1S/C16H19N3O4S2/c1-23-13-4-6-14(7-5-13)25(21,22)19-9-2-3-12(11-19)15(20)18-16-17-8-10-24-16/h4-8,10,12H,2-3,9,11H2,1H3,(H,17,18,20)/t12-/m1/s1. The normalized spacial score (nSPS) is 18.7. The van der Waals surface area contributed by atoms with E-state index in [0.29, 0.717) is 30.3 Å². The van der Waals surface area contributed by atoms with Crippen LogP contribution in [0.1, 0.15) is 12.8 Å². The van der Waals surface area contributed by atoms with Crippen LogP contribution in [0.5, 0.6) is 5.75 Å². The zero-order valence-corrected chi connectivity index (χ0v) is 15.3. The topological polar surface area (TPSA) is 88.6 Å². The van der Waals surface area contributed by atoms with Crippen LogP contribution in [0.15, 0.2) is 40.7 Å². The van der Waals surface area contributed by atoms with Gasteiger partial charge in [-0.05, 0) is 37.1 Å². The highest BCUT2D eigenvalue weighted by atomic mass is 32.2. The predicted molar refractivity (Wildman–Crippen MR) is 95.2 cm³/mol. The molecule has 1 aliphatic rings. The Morgan fingerprint density at radius 3 is 2.76 bits per heavy atom. The van der Waals surface area contributed by atoms with Crippen molar-refractivity contribution in [2.75, 3.05) is 25.5 Å². The van der Waals surface area contributed by atoms with Crippen LogP contribution in [-0.4, -0.2) is 43.8 Å². The number of amides is 1. The number of methoxy groups -OCH3 is 1. The Morgan fingerprint density at radius 2 is 2.12 bits per heavy atom. The average molecular weight is 381 g/mol. The van der Waals surface area contributed by atoms with Gasteiger partial charge >= 0.3 is 0 Å². The number of aromatic nitrogens is 1. The van der Waals surface area contributed by atoms with Gasteiger partial charge in [0.2, 0.25) is 15.9 Å². The zero-order valence-electron chi connectivity index (χ0n) is 13.7. The number of thiazole rings is 1. The fourth-order valence-corrected chi connectivity index (χ4v) is 4.82. The highest BCUT2D eigenvalue weighted by molar-refractivity contribution is 7.89. The van der Waals surface area contributed by atoms with E-state index in [2.05, 4.69) is 10.3 Å². The highest BCUT2D eigenvalue weighted by Gasteiger charge is 2.33. The number of sulfonamides is 1. The Kier molecular flexibility index (Phi) is 5.36. The van der Waals surface area contributed by atoms with E-state index in [-0.39, 0.29) is 23.3 Å². The van der Waals surface area contributed by atoms with E-state index in [1.165, 1.54) is 34.9 Å². The third kappa shape index (κ3) is 4.00. The molecule has 25 heavy (non-hydrogen) atoms. The number of piperidine rings is 1. The van der Waals surface area contributed by atoms with Crippen molar-refractivity contribution in [2.45, 2.75) is 17.7 Å². The van der Waals surface area contributed by atoms with Crippen LogP contribution in [0.25, 0.3) is 0 Å². The summed E-state index contributed by atoms with van der Waals surface area (Å²) in [5, 5.41) is 5.05. The molecule has 0 unspecified atom stereocenters. The van der Waals surface area contributed by atoms with Crippen LogP contribution in [0.2, 0.25) is 0 Å². The first-order valence-corrected chi connectivity index (χ1v) is 10.2. The first-order valence-electron chi connectivity index (χ1n) is 7.85. The molecule has 1 fully saturated rings. The molecule has 0 aliphatic carbocycles. The first kappa shape index (κ1) is 17.8. The zero-order chi connectivity index (χ0) is 17.9. The number of rotatable bonds is 5. The van der Waals surface area contributed by atoms with Gasteiger partial charge in [-0.25, -0.2) is 13.4 Å². The van der Waals surface area contributed by atoms with E-state index >= 15 is 0 Å². The summed E-state index contributed by atoms with van der Waals surface area (Å²) in [7, 11) is -2.10. The summed E-state index contributed by atoms with van der Waals surface area (Å²) in [4.78, 5) is 16.6. The van der Waals surface area contributed by atoms with Crippen LogP contribution in [-0.2, 0) is 14.8 Å². The van der Waals surface area contributed by atoms with Gasteiger partial charge in [0.15, 0.2) is 5.13 Å². The lowest BCUT2D eigenvalue weighted by Crippen LogP contribution is -2.43. The van der Waals surface area contributed by atoms with Crippen molar-refractivity contribution in [1.82, 2.24) is 9.29 Å². The molecular weight excluding hydrogens is 362 g/mol. The molecule has 0 radical (unpaired) electrons. The fourth-order valence-electron chi connectivity index (χ4n) is 2.76. The van der Waals surface area contributed by atoms with Crippen LogP contribution in [0.4, 0.5) is 5.13 Å². The van der Waals surface area contributed by atoms with Crippen LogP contribution < -0.4 is 10.1 Å². The Bertz CT molecular complexity index is 820. The third-order valence-corrected chi connectivity index (χ3v) is 6.68. The van der Waals surface area contributed by atoms with Crippen LogP contribution in [0.3, 0.4) is 0 Å². The van der Waals surface area contributed by atoms with Gasteiger partial charge in [0.05, 0.1) is 17.9 Å². The smallest absolute Gasteiger partial charge is 0.243 e. The van der Waals surface area contributed by atoms with Crippen molar-refractivity contribution >= 4 is 32.4 Å². The minimum Gasteiger partial charge on any atom is -0.497 e. The molecule has 1 atom stereocenters. The summed E-state index contributed by atoms with van der Waals surface area (Å²) in [6.45, 7) is 0.584. The van der Waals surface area contributed by atoms with Gasteiger partial charge in [-0.15, -0.1) is 11.3 Å². The van der Waals surface area contributed by atoms with E-state index in [0.717, 1.165) is 0 Å². The molecule has 1 aliphatic heterocycles. The number of benzene rings is 1. The molecule has 0 saturated carbocycles. The molecule has 134 valence electrons. The summed E-state index contributed by atoms with van der Waals surface area (Å²) in [6.07, 6.45) is 2.92. The molecule has 1 amide bonds. The number of carbonyl (C=O) groups excluding carboxylic acids is 1. The quantitative estimate of drug-likeness (QED) is 0.858. The number of hydrogen-bond donors (Lipinski definition) is 1. The van der Waals surface area contributed by atoms with Gasteiger partial charge < -0.3 is 10.1 Å². The molecule has 1 N–H and O–H groups in total. The van der Waals surface area contributed by atoms with Gasteiger partial charge in [0.1, 0.15) is 5.75 Å². The van der Waals surface area contributed by atoms with E-state index in [9.17, 15) is 13.2 Å². The molecule has 2 heterocycles. The molecule has 0 bridgehead atoms. The molecule has 9 heteroatoms. The molecule has 0 spiro atoms. The lowest BCUT2D eigenvalue weighted by molar-refractivity contribution is -0.120. The predicted octanol–water partition coefficient (Wildman–Crippen LogP) is 2.19. The van der Waals surface area contributed by atoms with E-state index in [1.807, 2.05) is 0 Å². The largest absolute Gasteiger partial charge is 0.497 e. The van der Waals surface area contributed by atoms with Crippen LogP contribution >= 0.6 is 11.3 Å². The van der Waals surface area contributed by atoms with Crippen molar-refractivity contribution in [1.29, 1.82) is 0 Å². The van der Waals surface area contributed by atoms with Gasteiger partial charge in [-0.2, -0.15) is 4.31 Å². The Labute approximate surface area is 150 Å². The Balaban J connectivity index is 1.72. The van der Waals surface area contributed by atoms with Gasteiger partial charge in [0.25, 0.3) is 0 Å². The fraction of sp³-hybridized carbons (Fsp3) is 0.375. The number of nitrogens with zero attached hydrogens (tertiary/aromatic N) is 2. The van der Waals surface area contributed by atoms with Gasteiger partial charge in [0, 0.05) is 24.7 Å². The average Bonchev–Trinajstić information content (AvgIpc) is 3.15. The molecule has 2 aromatic rings. The molecule has 7 nitrogen and oxygen atoms in total. The van der Waals surface area contributed by atoms with E-state index in [4.69, 9.17) is 4.74 Å². The number of anilines is 1. The second-order valence-corrected chi connectivity index (χ2v) is 8.54.